The van der Waals surface area contributed by atoms with Crippen LogP contribution in [-0.4, -0.2) is 17.5 Å². The molecule has 1 heterocycles. The van der Waals surface area contributed by atoms with E-state index in [9.17, 15) is 13.2 Å². The Labute approximate surface area is 166 Å². The van der Waals surface area contributed by atoms with Gasteiger partial charge in [0.05, 0.1) is 24.3 Å². The smallest absolute Gasteiger partial charge is 0.416 e. The molecule has 3 aromatic rings. The molecule has 2 N–H and O–H groups in total. The lowest BCUT2D eigenvalue weighted by atomic mass is 10.1. The van der Waals surface area contributed by atoms with Gasteiger partial charge in [-0.25, -0.2) is 9.98 Å². The van der Waals surface area contributed by atoms with Crippen LogP contribution in [0.1, 0.15) is 23.7 Å². The maximum absolute atomic E-state index is 12.6. The van der Waals surface area contributed by atoms with Gasteiger partial charge in [-0.15, -0.1) is 0 Å². The minimum atomic E-state index is -4.34. The van der Waals surface area contributed by atoms with Gasteiger partial charge in [0, 0.05) is 12.1 Å². The molecular formula is C21H21F3N4O. The summed E-state index contributed by atoms with van der Waals surface area (Å²) in [4.78, 5) is 8.86. The Balaban J connectivity index is 1.60. The number of nitrogens with zero attached hydrogens (tertiary/aromatic N) is 2. The first-order valence-corrected chi connectivity index (χ1v) is 9.14. The van der Waals surface area contributed by atoms with E-state index >= 15 is 0 Å². The summed E-state index contributed by atoms with van der Waals surface area (Å²) < 4.78 is 43.4. The molecule has 0 saturated heterocycles. The number of aliphatic imine (C=N–C) groups is 1. The molecule has 5 nitrogen and oxygen atoms in total. The van der Waals surface area contributed by atoms with Gasteiger partial charge in [0.1, 0.15) is 6.26 Å². The van der Waals surface area contributed by atoms with Crippen molar-refractivity contribution in [1.82, 2.24) is 15.6 Å². The number of halogens is 3. The highest BCUT2D eigenvalue weighted by molar-refractivity contribution is 5.79. The Morgan fingerprint density at radius 1 is 1.03 bits per heavy atom. The van der Waals surface area contributed by atoms with E-state index in [1.807, 2.05) is 37.3 Å². The molecule has 3 rings (SSSR count). The minimum absolute atomic E-state index is 0.252. The number of nitrogens with one attached hydrogen (secondary N) is 2. The van der Waals surface area contributed by atoms with Crippen molar-refractivity contribution in [2.24, 2.45) is 4.99 Å². The highest BCUT2D eigenvalue weighted by Gasteiger charge is 2.29. The van der Waals surface area contributed by atoms with Crippen molar-refractivity contribution in [3.8, 4) is 11.5 Å². The van der Waals surface area contributed by atoms with Gasteiger partial charge in [-0.3, -0.25) is 0 Å². The van der Waals surface area contributed by atoms with Crippen LogP contribution in [0.15, 0.2) is 70.3 Å². The summed E-state index contributed by atoms with van der Waals surface area (Å²) in [6.07, 6.45) is -2.76. The zero-order valence-corrected chi connectivity index (χ0v) is 15.8. The van der Waals surface area contributed by atoms with Gasteiger partial charge in [-0.05, 0) is 36.8 Å². The average molecular weight is 402 g/mol. The van der Waals surface area contributed by atoms with E-state index in [2.05, 4.69) is 20.6 Å². The largest absolute Gasteiger partial charge is 0.444 e. The molecule has 0 amide bonds. The van der Waals surface area contributed by atoms with Gasteiger partial charge in [0.2, 0.25) is 5.89 Å². The summed E-state index contributed by atoms with van der Waals surface area (Å²) in [6, 6.07) is 14.6. The maximum atomic E-state index is 12.6. The lowest BCUT2D eigenvalue weighted by Crippen LogP contribution is -2.36. The van der Waals surface area contributed by atoms with Gasteiger partial charge >= 0.3 is 6.18 Å². The van der Waals surface area contributed by atoms with Gasteiger partial charge in [-0.1, -0.05) is 30.3 Å². The van der Waals surface area contributed by atoms with Crippen LogP contribution in [0.3, 0.4) is 0 Å². The molecule has 0 aliphatic heterocycles. The first-order chi connectivity index (χ1) is 14.0. The highest BCUT2D eigenvalue weighted by Crippen LogP contribution is 2.29. The molecule has 0 aliphatic rings. The fraction of sp³-hybridized carbons (Fsp3) is 0.238. The van der Waals surface area contributed by atoms with E-state index in [-0.39, 0.29) is 6.54 Å². The van der Waals surface area contributed by atoms with E-state index in [1.54, 1.807) is 6.26 Å². The Kier molecular flexibility index (Phi) is 6.54. The fourth-order valence-corrected chi connectivity index (χ4v) is 2.59. The number of alkyl halides is 3. The lowest BCUT2D eigenvalue weighted by molar-refractivity contribution is -0.137. The van der Waals surface area contributed by atoms with Crippen LogP contribution < -0.4 is 10.6 Å². The number of benzene rings is 2. The van der Waals surface area contributed by atoms with Crippen molar-refractivity contribution in [2.45, 2.75) is 26.2 Å². The molecule has 0 unspecified atom stereocenters. The number of aromatic nitrogens is 1. The third-order valence-electron chi connectivity index (χ3n) is 4.05. The molecule has 8 heteroatoms. The molecule has 152 valence electrons. The van der Waals surface area contributed by atoms with E-state index in [0.717, 1.165) is 17.7 Å². The number of hydrogen-bond donors (Lipinski definition) is 2. The molecule has 0 radical (unpaired) electrons. The summed E-state index contributed by atoms with van der Waals surface area (Å²) >= 11 is 0. The topological polar surface area (TPSA) is 62.5 Å². The molecule has 0 atom stereocenters. The van der Waals surface area contributed by atoms with E-state index in [0.29, 0.717) is 36.2 Å². The third-order valence-corrected chi connectivity index (χ3v) is 4.05. The van der Waals surface area contributed by atoms with E-state index in [1.165, 1.54) is 12.1 Å². The first kappa shape index (κ1) is 20.4. The van der Waals surface area contributed by atoms with Crippen molar-refractivity contribution >= 4 is 5.96 Å². The zero-order valence-electron chi connectivity index (χ0n) is 15.8. The molecular weight excluding hydrogens is 381 g/mol. The third kappa shape index (κ3) is 5.84. The first-order valence-electron chi connectivity index (χ1n) is 9.14. The summed E-state index contributed by atoms with van der Waals surface area (Å²) in [5, 5.41) is 6.24. The summed E-state index contributed by atoms with van der Waals surface area (Å²) in [5.74, 6) is 1.07. The molecule has 0 aliphatic carbocycles. The molecule has 1 aromatic heterocycles. The van der Waals surface area contributed by atoms with Crippen LogP contribution in [0.5, 0.6) is 0 Å². The molecule has 2 aromatic carbocycles. The molecule has 0 bridgehead atoms. The predicted octanol–water partition coefficient (Wildman–Crippen LogP) is 4.62. The van der Waals surface area contributed by atoms with Crippen molar-refractivity contribution < 1.29 is 17.6 Å². The molecule has 0 saturated carbocycles. The van der Waals surface area contributed by atoms with Crippen molar-refractivity contribution in [3.63, 3.8) is 0 Å². The Hall–Kier alpha value is -3.29. The summed E-state index contributed by atoms with van der Waals surface area (Å²) in [5.41, 5.74) is 1.61. The van der Waals surface area contributed by atoms with E-state index in [4.69, 9.17) is 4.42 Å². The van der Waals surface area contributed by atoms with Crippen molar-refractivity contribution in [2.75, 3.05) is 6.54 Å². The molecule has 0 fully saturated rings. The number of rotatable bonds is 6. The Morgan fingerprint density at radius 2 is 1.76 bits per heavy atom. The summed E-state index contributed by atoms with van der Waals surface area (Å²) in [6.45, 7) is 3.22. The zero-order chi connectivity index (χ0) is 20.7. The lowest BCUT2D eigenvalue weighted by Gasteiger charge is -2.10. The second-order valence-corrected chi connectivity index (χ2v) is 6.25. The van der Waals surface area contributed by atoms with Gasteiger partial charge < -0.3 is 15.1 Å². The average Bonchev–Trinajstić information content (AvgIpc) is 3.19. The SMILES string of the molecule is CCNC(=NCc1ccc(C(F)(F)F)cc1)NCc1coc(-c2ccccc2)n1. The fourth-order valence-electron chi connectivity index (χ4n) is 2.59. The van der Waals surface area contributed by atoms with Crippen LogP contribution in [0.2, 0.25) is 0 Å². The summed E-state index contributed by atoms with van der Waals surface area (Å²) in [7, 11) is 0. The van der Waals surface area contributed by atoms with Crippen molar-refractivity contribution in [1.29, 1.82) is 0 Å². The van der Waals surface area contributed by atoms with Crippen LogP contribution in [0.4, 0.5) is 13.2 Å². The molecule has 0 spiro atoms. The van der Waals surface area contributed by atoms with Gasteiger partial charge in [0.25, 0.3) is 0 Å². The van der Waals surface area contributed by atoms with Crippen molar-refractivity contribution in [3.05, 3.63) is 77.7 Å². The Bertz CT molecular complexity index is 935. The monoisotopic (exact) mass is 402 g/mol. The second kappa shape index (κ2) is 9.27. The quantitative estimate of drug-likeness (QED) is 0.467. The maximum Gasteiger partial charge on any atom is 0.416 e. The predicted molar refractivity (Wildman–Crippen MR) is 105 cm³/mol. The Morgan fingerprint density at radius 3 is 2.41 bits per heavy atom. The van der Waals surface area contributed by atoms with Crippen LogP contribution in [0, 0.1) is 0 Å². The van der Waals surface area contributed by atoms with Crippen LogP contribution >= 0.6 is 0 Å². The normalized spacial score (nSPS) is 12.1. The highest BCUT2D eigenvalue weighted by atomic mass is 19.4. The van der Waals surface area contributed by atoms with Crippen LogP contribution in [-0.2, 0) is 19.3 Å². The van der Waals surface area contributed by atoms with Crippen LogP contribution in [0.25, 0.3) is 11.5 Å². The minimum Gasteiger partial charge on any atom is -0.444 e. The number of oxazole rings is 1. The van der Waals surface area contributed by atoms with Gasteiger partial charge in [0.15, 0.2) is 5.96 Å². The molecule has 29 heavy (non-hydrogen) atoms. The van der Waals surface area contributed by atoms with Gasteiger partial charge in [-0.2, -0.15) is 13.2 Å². The number of guanidine groups is 1. The number of hydrogen-bond acceptors (Lipinski definition) is 3. The standard InChI is InChI=1S/C21H21F3N4O/c1-2-25-20(26-12-15-8-10-17(11-9-15)21(22,23)24)27-13-18-14-29-19(28-18)16-6-4-3-5-7-16/h3-11,14H,2,12-13H2,1H3,(H2,25,26,27). The van der Waals surface area contributed by atoms with E-state index < -0.39 is 11.7 Å². The second-order valence-electron chi connectivity index (χ2n) is 6.25.